The smallest absolute Gasteiger partial charge is 0.238 e. The molecule has 2 heterocycles. The van der Waals surface area contributed by atoms with Gasteiger partial charge in [-0.25, -0.2) is 4.39 Å². The minimum absolute atomic E-state index is 0.0723. The first-order valence-corrected chi connectivity index (χ1v) is 9.82. The van der Waals surface area contributed by atoms with Crippen LogP contribution in [-0.4, -0.2) is 40.6 Å². The van der Waals surface area contributed by atoms with Crippen LogP contribution in [0, 0.1) is 5.82 Å². The van der Waals surface area contributed by atoms with Crippen molar-refractivity contribution in [3.63, 3.8) is 0 Å². The molecule has 1 fully saturated rings. The van der Waals surface area contributed by atoms with E-state index in [9.17, 15) is 9.18 Å². The lowest BCUT2D eigenvalue weighted by molar-refractivity contribution is -0.117. The highest BCUT2D eigenvalue weighted by Gasteiger charge is 2.26. The van der Waals surface area contributed by atoms with Gasteiger partial charge in [0.25, 0.3) is 0 Å². The fraction of sp³-hybridized carbons (Fsp3) is 0.286. The molecule has 0 aliphatic carbocycles. The van der Waals surface area contributed by atoms with Crippen molar-refractivity contribution in [2.24, 2.45) is 0 Å². The van der Waals surface area contributed by atoms with E-state index >= 15 is 0 Å². The summed E-state index contributed by atoms with van der Waals surface area (Å²) in [5, 5.41) is 7.43. The number of carbonyl (C=O) groups excluding carboxylic acids is 1. The van der Waals surface area contributed by atoms with Crippen LogP contribution < -0.4 is 5.32 Å². The summed E-state index contributed by atoms with van der Waals surface area (Å²) in [6, 6.07) is 13.2. The fourth-order valence-corrected chi connectivity index (χ4v) is 3.64. The monoisotopic (exact) mass is 414 g/mol. The summed E-state index contributed by atoms with van der Waals surface area (Å²) in [5.41, 5.74) is 1.28. The number of halogens is 2. The van der Waals surface area contributed by atoms with Crippen molar-refractivity contribution in [3.05, 3.63) is 65.3 Å². The highest BCUT2D eigenvalue weighted by molar-refractivity contribution is 6.30. The second kappa shape index (κ2) is 8.71. The first-order valence-electron chi connectivity index (χ1n) is 9.44. The summed E-state index contributed by atoms with van der Waals surface area (Å²) in [7, 11) is 0. The van der Waals surface area contributed by atoms with Crippen molar-refractivity contribution in [2.75, 3.05) is 25.0 Å². The molecule has 1 saturated heterocycles. The van der Waals surface area contributed by atoms with Crippen molar-refractivity contribution in [2.45, 2.75) is 18.8 Å². The molecular formula is C21H20ClFN4O2. The molecule has 0 bridgehead atoms. The van der Waals surface area contributed by atoms with Gasteiger partial charge < -0.3 is 9.84 Å². The van der Waals surface area contributed by atoms with Gasteiger partial charge in [-0.15, -0.1) is 0 Å². The van der Waals surface area contributed by atoms with Gasteiger partial charge >= 0.3 is 0 Å². The minimum Gasteiger partial charge on any atom is -0.339 e. The molecule has 1 aliphatic rings. The molecular weight excluding hydrogens is 395 g/mol. The molecule has 0 atom stereocenters. The second-order valence-electron chi connectivity index (χ2n) is 7.08. The Balaban J connectivity index is 1.30. The SMILES string of the molecule is O=C(CN1CCC(c2nc(-c3cccc(F)c3)no2)CC1)Nc1cccc(Cl)c1. The van der Waals surface area contributed by atoms with Gasteiger partial charge in [0.1, 0.15) is 5.82 Å². The normalized spacial score (nSPS) is 15.4. The average molecular weight is 415 g/mol. The first kappa shape index (κ1) is 19.5. The van der Waals surface area contributed by atoms with E-state index in [4.69, 9.17) is 16.1 Å². The van der Waals surface area contributed by atoms with Gasteiger partial charge in [0.05, 0.1) is 6.54 Å². The average Bonchev–Trinajstić information content (AvgIpc) is 3.19. The number of hydrogen-bond donors (Lipinski definition) is 1. The van der Waals surface area contributed by atoms with Crippen LogP contribution in [0.3, 0.4) is 0 Å². The second-order valence-corrected chi connectivity index (χ2v) is 7.51. The highest BCUT2D eigenvalue weighted by atomic mass is 35.5. The molecule has 0 spiro atoms. The molecule has 2 aromatic carbocycles. The van der Waals surface area contributed by atoms with Gasteiger partial charge in [-0.1, -0.05) is 35.0 Å². The Labute approximate surface area is 172 Å². The third kappa shape index (κ3) is 4.99. The third-order valence-corrected chi connectivity index (χ3v) is 5.17. The number of nitrogens with zero attached hydrogens (tertiary/aromatic N) is 3. The Kier molecular flexibility index (Phi) is 5.87. The summed E-state index contributed by atoms with van der Waals surface area (Å²) < 4.78 is 18.8. The number of hydrogen-bond acceptors (Lipinski definition) is 5. The number of aromatic nitrogens is 2. The van der Waals surface area contributed by atoms with Gasteiger partial charge in [0.15, 0.2) is 0 Å². The van der Waals surface area contributed by atoms with Crippen LogP contribution in [0.5, 0.6) is 0 Å². The lowest BCUT2D eigenvalue weighted by Crippen LogP contribution is -2.38. The maximum absolute atomic E-state index is 13.4. The molecule has 1 amide bonds. The number of anilines is 1. The van der Waals surface area contributed by atoms with Gasteiger partial charge in [0.2, 0.25) is 17.6 Å². The van der Waals surface area contributed by atoms with Crippen LogP contribution >= 0.6 is 11.6 Å². The largest absolute Gasteiger partial charge is 0.339 e. The number of carbonyl (C=O) groups is 1. The van der Waals surface area contributed by atoms with Crippen LogP contribution in [0.25, 0.3) is 11.4 Å². The lowest BCUT2D eigenvalue weighted by atomic mass is 9.97. The van der Waals surface area contributed by atoms with Crippen molar-refractivity contribution in [1.82, 2.24) is 15.0 Å². The summed E-state index contributed by atoms with van der Waals surface area (Å²) >= 11 is 5.94. The van der Waals surface area contributed by atoms with Crippen LogP contribution in [-0.2, 0) is 4.79 Å². The van der Waals surface area contributed by atoms with Crippen molar-refractivity contribution >= 4 is 23.2 Å². The number of amides is 1. The number of benzene rings is 2. The summed E-state index contributed by atoms with van der Waals surface area (Å²) in [4.78, 5) is 18.8. The van der Waals surface area contributed by atoms with Gasteiger partial charge in [-0.2, -0.15) is 4.98 Å². The Morgan fingerprint density at radius 3 is 2.76 bits per heavy atom. The van der Waals surface area contributed by atoms with Gasteiger partial charge in [-0.3, -0.25) is 9.69 Å². The maximum atomic E-state index is 13.4. The fourth-order valence-electron chi connectivity index (χ4n) is 3.45. The van der Waals surface area contributed by atoms with E-state index in [2.05, 4.69) is 20.4 Å². The molecule has 6 nitrogen and oxygen atoms in total. The number of rotatable bonds is 5. The van der Waals surface area contributed by atoms with E-state index in [-0.39, 0.29) is 17.6 Å². The van der Waals surface area contributed by atoms with E-state index in [1.807, 2.05) is 6.07 Å². The zero-order chi connectivity index (χ0) is 20.2. The van der Waals surface area contributed by atoms with Crippen molar-refractivity contribution < 1.29 is 13.7 Å². The Bertz CT molecular complexity index is 1000. The number of likely N-dealkylation sites (tertiary alicyclic amines) is 1. The molecule has 150 valence electrons. The highest BCUT2D eigenvalue weighted by Crippen LogP contribution is 2.28. The van der Waals surface area contributed by atoms with E-state index in [1.54, 1.807) is 30.3 Å². The van der Waals surface area contributed by atoms with E-state index in [0.717, 1.165) is 25.9 Å². The zero-order valence-corrected chi connectivity index (χ0v) is 16.4. The van der Waals surface area contributed by atoms with Crippen molar-refractivity contribution in [3.8, 4) is 11.4 Å². The molecule has 3 aromatic rings. The standard InChI is InChI=1S/C21H20ClFN4O2/c22-16-4-2-6-18(12-16)24-19(28)13-27-9-7-14(8-10-27)21-25-20(26-29-21)15-3-1-5-17(23)11-15/h1-6,11-12,14H,7-10,13H2,(H,24,28). The van der Waals surface area contributed by atoms with E-state index in [0.29, 0.717) is 34.5 Å². The van der Waals surface area contributed by atoms with Crippen LogP contribution in [0.1, 0.15) is 24.7 Å². The molecule has 29 heavy (non-hydrogen) atoms. The van der Waals surface area contributed by atoms with Crippen LogP contribution in [0.4, 0.5) is 10.1 Å². The van der Waals surface area contributed by atoms with Crippen LogP contribution in [0.2, 0.25) is 5.02 Å². The predicted molar refractivity (Wildman–Crippen MR) is 108 cm³/mol. The van der Waals surface area contributed by atoms with Crippen molar-refractivity contribution in [1.29, 1.82) is 0 Å². The number of piperidine rings is 1. The molecule has 0 saturated carbocycles. The summed E-state index contributed by atoms with van der Waals surface area (Å²) in [5.74, 6) is 0.683. The first-order chi connectivity index (χ1) is 14.1. The molecule has 4 rings (SSSR count). The molecule has 8 heteroatoms. The molecule has 0 radical (unpaired) electrons. The zero-order valence-electron chi connectivity index (χ0n) is 15.6. The van der Waals surface area contributed by atoms with Gasteiger partial charge in [-0.05, 0) is 56.3 Å². The topological polar surface area (TPSA) is 71.3 Å². The number of nitrogens with one attached hydrogen (secondary N) is 1. The lowest BCUT2D eigenvalue weighted by Gasteiger charge is -2.29. The quantitative estimate of drug-likeness (QED) is 0.672. The molecule has 0 unspecified atom stereocenters. The Hall–Kier alpha value is -2.77. The molecule has 1 aliphatic heterocycles. The summed E-state index contributed by atoms with van der Waals surface area (Å²) in [6.45, 7) is 1.83. The molecule has 1 N–H and O–H groups in total. The van der Waals surface area contributed by atoms with E-state index < -0.39 is 0 Å². The third-order valence-electron chi connectivity index (χ3n) is 4.94. The predicted octanol–water partition coefficient (Wildman–Crippen LogP) is 4.35. The summed E-state index contributed by atoms with van der Waals surface area (Å²) in [6.07, 6.45) is 1.63. The van der Waals surface area contributed by atoms with Gasteiger partial charge in [0, 0.05) is 22.2 Å². The van der Waals surface area contributed by atoms with E-state index in [1.165, 1.54) is 12.1 Å². The molecule has 1 aromatic heterocycles. The Morgan fingerprint density at radius 2 is 2.00 bits per heavy atom. The minimum atomic E-state index is -0.335. The Morgan fingerprint density at radius 1 is 1.21 bits per heavy atom. The van der Waals surface area contributed by atoms with Crippen LogP contribution in [0.15, 0.2) is 53.1 Å². The maximum Gasteiger partial charge on any atom is 0.238 e.